The molecule has 1 heterocycles. The quantitative estimate of drug-likeness (QED) is 0.684. The van der Waals surface area contributed by atoms with E-state index in [1.807, 2.05) is 32.0 Å². The maximum absolute atomic E-state index is 11.6. The highest BCUT2D eigenvalue weighted by atomic mass is 32.2. The number of methoxy groups -OCH3 is 1. The van der Waals surface area contributed by atoms with Crippen LogP contribution in [0.15, 0.2) is 23.1 Å². The number of carbonyl (C=O) groups is 1. The van der Waals surface area contributed by atoms with Crippen molar-refractivity contribution in [3.8, 4) is 11.5 Å². The SMILES string of the molecule is COc1cc(/C=C2/SC(=S)NC2=O)ccc1OC(C)C. The Hall–Kier alpha value is -1.53. The molecule has 1 fully saturated rings. The van der Waals surface area contributed by atoms with Gasteiger partial charge in [-0.2, -0.15) is 0 Å². The lowest BCUT2D eigenvalue weighted by Gasteiger charge is -2.13. The summed E-state index contributed by atoms with van der Waals surface area (Å²) < 4.78 is 11.4. The molecule has 1 amide bonds. The number of hydrogen-bond donors (Lipinski definition) is 1. The summed E-state index contributed by atoms with van der Waals surface area (Å²) in [7, 11) is 1.59. The zero-order valence-electron chi connectivity index (χ0n) is 11.4. The molecule has 2 rings (SSSR count). The minimum absolute atomic E-state index is 0.0710. The largest absolute Gasteiger partial charge is 0.493 e. The Morgan fingerprint density at radius 1 is 1.35 bits per heavy atom. The van der Waals surface area contributed by atoms with E-state index in [0.717, 1.165) is 5.56 Å². The van der Waals surface area contributed by atoms with Crippen LogP contribution in [0.2, 0.25) is 0 Å². The summed E-state index contributed by atoms with van der Waals surface area (Å²) in [6, 6.07) is 5.55. The van der Waals surface area contributed by atoms with E-state index in [2.05, 4.69) is 5.32 Å². The molecule has 106 valence electrons. The third kappa shape index (κ3) is 3.52. The number of thiocarbonyl (C=S) groups is 1. The molecule has 1 aliphatic heterocycles. The average Bonchev–Trinajstić information content (AvgIpc) is 2.69. The minimum Gasteiger partial charge on any atom is -0.493 e. The molecule has 20 heavy (non-hydrogen) atoms. The van der Waals surface area contributed by atoms with Gasteiger partial charge in [-0.05, 0) is 37.6 Å². The molecule has 0 bridgehead atoms. The van der Waals surface area contributed by atoms with Crippen molar-refractivity contribution in [3.63, 3.8) is 0 Å². The van der Waals surface area contributed by atoms with Crippen LogP contribution >= 0.6 is 24.0 Å². The highest BCUT2D eigenvalue weighted by Gasteiger charge is 2.22. The first kappa shape index (κ1) is 14.9. The maximum atomic E-state index is 11.6. The molecule has 0 unspecified atom stereocenters. The van der Waals surface area contributed by atoms with Crippen LogP contribution in [0.3, 0.4) is 0 Å². The van der Waals surface area contributed by atoms with Gasteiger partial charge in [0.1, 0.15) is 4.32 Å². The summed E-state index contributed by atoms with van der Waals surface area (Å²) in [5.74, 6) is 1.16. The molecule has 1 saturated heterocycles. The number of nitrogens with one attached hydrogen (secondary N) is 1. The lowest BCUT2D eigenvalue weighted by Crippen LogP contribution is -2.17. The predicted molar refractivity (Wildman–Crippen MR) is 85.1 cm³/mol. The van der Waals surface area contributed by atoms with Crippen molar-refractivity contribution in [2.24, 2.45) is 0 Å². The molecule has 1 N–H and O–H groups in total. The third-order valence-corrected chi connectivity index (χ3v) is 3.65. The molecular weight excluding hydrogens is 294 g/mol. The second-order valence-corrected chi connectivity index (χ2v) is 6.15. The fraction of sp³-hybridized carbons (Fsp3) is 0.286. The summed E-state index contributed by atoms with van der Waals surface area (Å²) in [4.78, 5) is 12.2. The van der Waals surface area contributed by atoms with Gasteiger partial charge in [-0.15, -0.1) is 0 Å². The van der Waals surface area contributed by atoms with Gasteiger partial charge < -0.3 is 14.8 Å². The molecule has 0 saturated carbocycles. The van der Waals surface area contributed by atoms with E-state index in [-0.39, 0.29) is 12.0 Å². The monoisotopic (exact) mass is 309 g/mol. The average molecular weight is 309 g/mol. The van der Waals surface area contributed by atoms with Gasteiger partial charge >= 0.3 is 0 Å². The van der Waals surface area contributed by atoms with E-state index in [0.29, 0.717) is 20.7 Å². The Labute approximate surface area is 127 Å². The number of thioether (sulfide) groups is 1. The highest BCUT2D eigenvalue weighted by Crippen LogP contribution is 2.32. The van der Waals surface area contributed by atoms with Gasteiger partial charge in [0.2, 0.25) is 0 Å². The number of benzene rings is 1. The molecule has 1 aromatic rings. The van der Waals surface area contributed by atoms with Crippen molar-refractivity contribution < 1.29 is 14.3 Å². The molecule has 1 aromatic carbocycles. The summed E-state index contributed by atoms with van der Waals surface area (Å²) in [6.45, 7) is 3.91. The highest BCUT2D eigenvalue weighted by molar-refractivity contribution is 8.26. The zero-order valence-corrected chi connectivity index (χ0v) is 13.1. The number of hydrogen-bond acceptors (Lipinski definition) is 5. The van der Waals surface area contributed by atoms with E-state index < -0.39 is 0 Å². The summed E-state index contributed by atoms with van der Waals surface area (Å²) in [5.41, 5.74) is 0.861. The fourth-order valence-corrected chi connectivity index (χ4v) is 2.74. The van der Waals surface area contributed by atoms with E-state index in [9.17, 15) is 4.79 Å². The van der Waals surface area contributed by atoms with Gasteiger partial charge in [0.15, 0.2) is 11.5 Å². The zero-order chi connectivity index (χ0) is 14.7. The van der Waals surface area contributed by atoms with Crippen molar-refractivity contribution in [3.05, 3.63) is 28.7 Å². The van der Waals surface area contributed by atoms with Crippen molar-refractivity contribution in [1.29, 1.82) is 0 Å². The first-order chi connectivity index (χ1) is 9.49. The molecular formula is C14H15NO3S2. The van der Waals surface area contributed by atoms with Crippen LogP contribution in [-0.4, -0.2) is 23.4 Å². The smallest absolute Gasteiger partial charge is 0.263 e. The van der Waals surface area contributed by atoms with Crippen molar-refractivity contribution in [1.82, 2.24) is 5.32 Å². The molecule has 1 aliphatic rings. The van der Waals surface area contributed by atoms with Crippen molar-refractivity contribution in [2.45, 2.75) is 20.0 Å². The Bertz CT molecular complexity index is 582. The molecule has 0 aliphatic carbocycles. The maximum Gasteiger partial charge on any atom is 0.263 e. The fourth-order valence-electron chi connectivity index (χ4n) is 1.70. The van der Waals surface area contributed by atoms with Crippen LogP contribution in [0.25, 0.3) is 6.08 Å². The van der Waals surface area contributed by atoms with Crippen LogP contribution in [0.4, 0.5) is 0 Å². The van der Waals surface area contributed by atoms with Crippen LogP contribution < -0.4 is 14.8 Å². The van der Waals surface area contributed by atoms with Crippen LogP contribution in [-0.2, 0) is 4.79 Å². The van der Waals surface area contributed by atoms with Gasteiger partial charge in [0.25, 0.3) is 5.91 Å². The van der Waals surface area contributed by atoms with Crippen molar-refractivity contribution >= 4 is 40.3 Å². The topological polar surface area (TPSA) is 47.6 Å². The van der Waals surface area contributed by atoms with Gasteiger partial charge in [-0.3, -0.25) is 4.79 Å². The summed E-state index contributed by atoms with van der Waals surface area (Å²) in [5, 5.41) is 2.58. The van der Waals surface area contributed by atoms with E-state index in [1.165, 1.54) is 11.8 Å². The number of ether oxygens (including phenoxy) is 2. The second kappa shape index (κ2) is 6.28. The first-order valence-corrected chi connectivity index (χ1v) is 7.31. The van der Waals surface area contributed by atoms with Crippen LogP contribution in [0, 0.1) is 0 Å². The third-order valence-electron chi connectivity index (χ3n) is 2.49. The van der Waals surface area contributed by atoms with E-state index in [1.54, 1.807) is 13.2 Å². The molecule has 0 radical (unpaired) electrons. The van der Waals surface area contributed by atoms with Gasteiger partial charge in [0.05, 0.1) is 18.1 Å². The predicted octanol–water partition coefficient (Wildman–Crippen LogP) is 2.97. The van der Waals surface area contributed by atoms with Gasteiger partial charge in [0, 0.05) is 0 Å². The Kier molecular flexibility index (Phi) is 4.67. The van der Waals surface area contributed by atoms with Gasteiger partial charge in [-0.1, -0.05) is 30.0 Å². The van der Waals surface area contributed by atoms with Crippen molar-refractivity contribution in [2.75, 3.05) is 7.11 Å². The molecule has 0 aromatic heterocycles. The Balaban J connectivity index is 2.28. The normalized spacial score (nSPS) is 16.7. The lowest BCUT2D eigenvalue weighted by molar-refractivity contribution is -0.115. The van der Waals surface area contributed by atoms with Crippen LogP contribution in [0.5, 0.6) is 11.5 Å². The molecule has 4 nitrogen and oxygen atoms in total. The lowest BCUT2D eigenvalue weighted by atomic mass is 10.2. The Morgan fingerprint density at radius 3 is 2.65 bits per heavy atom. The molecule has 0 spiro atoms. The second-order valence-electron chi connectivity index (χ2n) is 4.43. The number of amides is 1. The number of carbonyl (C=O) groups excluding carboxylic acids is 1. The standard InChI is InChI=1S/C14H15NO3S2/c1-8(2)18-10-5-4-9(6-11(10)17-3)7-12-13(16)15-14(19)20-12/h4-8H,1-3H3,(H,15,16,19)/b12-7+. The van der Waals surface area contributed by atoms with Crippen LogP contribution in [0.1, 0.15) is 19.4 Å². The molecule has 6 heteroatoms. The van der Waals surface area contributed by atoms with E-state index >= 15 is 0 Å². The van der Waals surface area contributed by atoms with E-state index in [4.69, 9.17) is 21.7 Å². The molecule has 0 atom stereocenters. The minimum atomic E-state index is -0.165. The summed E-state index contributed by atoms with van der Waals surface area (Å²) in [6.07, 6.45) is 1.85. The number of rotatable bonds is 4. The summed E-state index contributed by atoms with van der Waals surface area (Å²) >= 11 is 6.21. The Morgan fingerprint density at radius 2 is 2.10 bits per heavy atom. The first-order valence-electron chi connectivity index (χ1n) is 6.09. The van der Waals surface area contributed by atoms with Gasteiger partial charge in [-0.25, -0.2) is 0 Å².